The summed E-state index contributed by atoms with van der Waals surface area (Å²) in [5, 5.41) is 0. The van der Waals surface area contributed by atoms with Crippen molar-refractivity contribution in [1.29, 1.82) is 0 Å². The number of likely N-dealkylation sites (tertiary alicyclic amines) is 1. The van der Waals surface area contributed by atoms with E-state index in [2.05, 4.69) is 21.0 Å². The number of fused-ring (bicyclic) bond motifs is 1. The second-order valence-corrected chi connectivity index (χ2v) is 8.99. The van der Waals surface area contributed by atoms with E-state index in [9.17, 15) is 9.59 Å². The van der Waals surface area contributed by atoms with Crippen LogP contribution in [0.25, 0.3) is 0 Å². The normalized spacial score (nSPS) is 21.7. The van der Waals surface area contributed by atoms with E-state index >= 15 is 0 Å². The first-order valence-corrected chi connectivity index (χ1v) is 11.7. The molecule has 0 bridgehead atoms. The highest BCUT2D eigenvalue weighted by molar-refractivity contribution is 6.01. The van der Waals surface area contributed by atoms with E-state index in [1.165, 1.54) is 0 Å². The molecule has 2 aromatic rings. The van der Waals surface area contributed by atoms with Crippen LogP contribution < -0.4 is 4.90 Å². The number of hydrogen-bond acceptors (Lipinski definition) is 5. The van der Waals surface area contributed by atoms with Gasteiger partial charge in [0.25, 0.3) is 5.91 Å². The van der Waals surface area contributed by atoms with Crippen molar-refractivity contribution in [1.82, 2.24) is 14.8 Å². The van der Waals surface area contributed by atoms with Crippen LogP contribution in [0.5, 0.6) is 0 Å². The molecule has 3 aliphatic rings. The Morgan fingerprint density at radius 2 is 1.82 bits per heavy atom. The number of pyridine rings is 1. The summed E-state index contributed by atoms with van der Waals surface area (Å²) < 4.78 is 0. The average molecular weight is 444 g/mol. The Bertz CT molecular complexity index is 1060. The van der Waals surface area contributed by atoms with Crippen molar-refractivity contribution in [2.75, 3.05) is 31.1 Å². The average Bonchev–Trinajstić information content (AvgIpc) is 3.01. The number of aromatic nitrogens is 1. The third-order valence-corrected chi connectivity index (χ3v) is 6.89. The zero-order valence-electron chi connectivity index (χ0n) is 18.7. The van der Waals surface area contributed by atoms with Crippen molar-refractivity contribution in [3.05, 3.63) is 72.2 Å². The van der Waals surface area contributed by atoms with Crippen LogP contribution in [-0.4, -0.2) is 65.0 Å². The van der Waals surface area contributed by atoms with Crippen LogP contribution in [0, 0.1) is 5.92 Å². The van der Waals surface area contributed by atoms with Gasteiger partial charge in [0.05, 0.1) is 0 Å². The minimum atomic E-state index is -0.139. The van der Waals surface area contributed by atoms with Gasteiger partial charge in [-0.05, 0) is 61.7 Å². The number of aliphatic imine (C=N–C) groups is 1. The second-order valence-electron chi connectivity index (χ2n) is 8.99. The number of amides is 2. The molecule has 0 spiro atoms. The third-order valence-electron chi connectivity index (χ3n) is 6.89. The lowest BCUT2D eigenvalue weighted by atomic mass is 9.94. The van der Waals surface area contributed by atoms with Crippen molar-refractivity contribution >= 4 is 23.7 Å². The Kier molecular flexibility index (Phi) is 6.30. The Morgan fingerprint density at radius 3 is 2.58 bits per heavy atom. The van der Waals surface area contributed by atoms with Crippen LogP contribution in [0.4, 0.5) is 5.69 Å². The lowest BCUT2D eigenvalue weighted by Crippen LogP contribution is -2.46. The Balaban J connectivity index is 1.29. The predicted molar refractivity (Wildman–Crippen MR) is 128 cm³/mol. The number of carbonyl (C=O) groups excluding carboxylic acids is 2. The molecule has 3 aliphatic heterocycles. The zero-order chi connectivity index (χ0) is 22.6. The molecule has 7 heteroatoms. The molecular formula is C26H29N5O2. The van der Waals surface area contributed by atoms with Crippen molar-refractivity contribution in [3.8, 4) is 0 Å². The van der Waals surface area contributed by atoms with E-state index in [1.54, 1.807) is 29.4 Å². The first-order chi connectivity index (χ1) is 16.2. The Morgan fingerprint density at radius 1 is 1.03 bits per heavy atom. The molecule has 5 rings (SSSR count). The summed E-state index contributed by atoms with van der Waals surface area (Å²) in [5.41, 5.74) is 2.49. The van der Waals surface area contributed by atoms with E-state index in [0.29, 0.717) is 30.6 Å². The van der Waals surface area contributed by atoms with Crippen molar-refractivity contribution in [2.24, 2.45) is 10.9 Å². The number of piperidine rings is 1. The van der Waals surface area contributed by atoms with Gasteiger partial charge < -0.3 is 9.80 Å². The fourth-order valence-electron chi connectivity index (χ4n) is 5.03. The Labute approximate surface area is 194 Å². The van der Waals surface area contributed by atoms with Crippen molar-refractivity contribution in [2.45, 2.75) is 31.8 Å². The van der Waals surface area contributed by atoms with Crippen molar-refractivity contribution < 1.29 is 9.59 Å². The van der Waals surface area contributed by atoms with Crippen LogP contribution in [0.1, 0.15) is 35.2 Å². The summed E-state index contributed by atoms with van der Waals surface area (Å²) in [7, 11) is 0. The van der Waals surface area contributed by atoms with Gasteiger partial charge in [-0.15, -0.1) is 0 Å². The summed E-state index contributed by atoms with van der Waals surface area (Å²) in [4.78, 5) is 40.8. The molecule has 0 radical (unpaired) electrons. The summed E-state index contributed by atoms with van der Waals surface area (Å²) >= 11 is 0. The molecule has 2 amide bonds. The summed E-state index contributed by atoms with van der Waals surface area (Å²) in [6, 6.07) is 11.8. The number of benzene rings is 1. The molecule has 33 heavy (non-hydrogen) atoms. The summed E-state index contributed by atoms with van der Waals surface area (Å²) in [6.45, 7) is 3.27. The molecular weight excluding hydrogens is 414 g/mol. The fraction of sp³-hybridized carbons (Fsp3) is 0.385. The molecule has 1 fully saturated rings. The highest BCUT2D eigenvalue weighted by atomic mass is 16.2. The number of carbonyl (C=O) groups is 2. The highest BCUT2D eigenvalue weighted by Crippen LogP contribution is 2.30. The van der Waals surface area contributed by atoms with Gasteiger partial charge in [-0.2, -0.15) is 0 Å². The van der Waals surface area contributed by atoms with Crippen LogP contribution in [0.2, 0.25) is 0 Å². The molecule has 1 atom stereocenters. The number of hydrogen-bond donors (Lipinski definition) is 0. The van der Waals surface area contributed by atoms with Gasteiger partial charge >= 0.3 is 0 Å². The van der Waals surface area contributed by atoms with E-state index in [1.807, 2.05) is 41.6 Å². The maximum absolute atomic E-state index is 13.4. The van der Waals surface area contributed by atoms with Gasteiger partial charge in [-0.1, -0.05) is 18.2 Å². The first-order valence-electron chi connectivity index (χ1n) is 11.7. The van der Waals surface area contributed by atoms with Gasteiger partial charge in [0.2, 0.25) is 5.91 Å². The minimum absolute atomic E-state index is 0.0174. The van der Waals surface area contributed by atoms with E-state index in [-0.39, 0.29) is 18.4 Å². The zero-order valence-corrected chi connectivity index (χ0v) is 18.7. The standard InChI is InChI=1S/C26H29N5O2/c32-25-19-30(26(33)21-5-11-27-12-6-21)18-22-3-1-2-4-24(22)31(25)17-20-9-15-29(16-10-20)23-7-13-28-14-8-23/h1-7,11-14,20,23H,8-10,15-19H2. The van der Waals surface area contributed by atoms with Crippen LogP contribution in [0.3, 0.4) is 0 Å². The molecule has 4 heterocycles. The maximum atomic E-state index is 13.4. The van der Waals surface area contributed by atoms with Gasteiger partial charge in [-0.25, -0.2) is 0 Å². The summed E-state index contributed by atoms with van der Waals surface area (Å²) in [5.74, 6) is 0.290. The van der Waals surface area contributed by atoms with Gasteiger partial charge in [0, 0.05) is 61.6 Å². The number of rotatable bonds is 4. The molecule has 1 unspecified atom stereocenters. The van der Waals surface area contributed by atoms with E-state index in [0.717, 1.165) is 43.6 Å². The molecule has 0 aliphatic carbocycles. The molecule has 1 aromatic heterocycles. The van der Waals surface area contributed by atoms with Crippen LogP contribution >= 0.6 is 0 Å². The van der Waals surface area contributed by atoms with Crippen LogP contribution in [0.15, 0.2) is 66.1 Å². The molecule has 1 aromatic carbocycles. The minimum Gasteiger partial charge on any atom is -0.325 e. The first kappa shape index (κ1) is 21.5. The Hall–Kier alpha value is -3.32. The molecule has 7 nitrogen and oxygen atoms in total. The lowest BCUT2D eigenvalue weighted by Gasteiger charge is -2.38. The van der Waals surface area contributed by atoms with Gasteiger partial charge in [0.15, 0.2) is 0 Å². The number of anilines is 1. The van der Waals surface area contributed by atoms with Gasteiger partial charge in [0.1, 0.15) is 6.54 Å². The smallest absolute Gasteiger partial charge is 0.254 e. The molecule has 0 N–H and O–H groups in total. The highest BCUT2D eigenvalue weighted by Gasteiger charge is 2.32. The third kappa shape index (κ3) is 4.73. The molecule has 170 valence electrons. The quantitative estimate of drug-likeness (QED) is 0.728. The van der Waals surface area contributed by atoms with Gasteiger partial charge in [-0.3, -0.25) is 24.5 Å². The predicted octanol–water partition coefficient (Wildman–Crippen LogP) is 3.14. The maximum Gasteiger partial charge on any atom is 0.254 e. The lowest BCUT2D eigenvalue weighted by molar-refractivity contribution is -0.119. The molecule has 0 saturated carbocycles. The van der Waals surface area contributed by atoms with E-state index in [4.69, 9.17) is 0 Å². The largest absolute Gasteiger partial charge is 0.325 e. The molecule has 1 saturated heterocycles. The number of nitrogens with zero attached hydrogens (tertiary/aromatic N) is 5. The monoisotopic (exact) mass is 443 g/mol. The van der Waals surface area contributed by atoms with E-state index < -0.39 is 0 Å². The second kappa shape index (κ2) is 9.67. The van der Waals surface area contributed by atoms with Crippen molar-refractivity contribution in [3.63, 3.8) is 0 Å². The van der Waals surface area contributed by atoms with Crippen LogP contribution in [-0.2, 0) is 11.3 Å². The topological polar surface area (TPSA) is 69.1 Å². The SMILES string of the molecule is O=C(c1ccncc1)N1CC(=O)N(CC2CCN(C3C=CN=CC3)CC2)c2ccccc2C1. The number of para-hydroxylation sites is 1. The fourth-order valence-corrected chi connectivity index (χ4v) is 5.03. The summed E-state index contributed by atoms with van der Waals surface area (Å²) in [6.07, 6.45) is 12.4.